The fourth-order valence-corrected chi connectivity index (χ4v) is 2.61. The van der Waals surface area contributed by atoms with Crippen molar-refractivity contribution in [3.8, 4) is 0 Å². The molecule has 0 spiro atoms. The first-order valence-corrected chi connectivity index (χ1v) is 5.30. The van der Waals surface area contributed by atoms with E-state index < -0.39 is 0 Å². The molecule has 1 fully saturated rings. The molecule has 1 aromatic heterocycles. The van der Waals surface area contributed by atoms with E-state index in [9.17, 15) is 0 Å². The van der Waals surface area contributed by atoms with Crippen LogP contribution in [0.25, 0.3) is 5.57 Å². The van der Waals surface area contributed by atoms with Crippen molar-refractivity contribution in [3.05, 3.63) is 40.6 Å². The fourth-order valence-electron chi connectivity index (χ4n) is 1.95. The van der Waals surface area contributed by atoms with Gasteiger partial charge in [-0.15, -0.1) is 0 Å². The molecule has 12 heavy (non-hydrogen) atoms. The van der Waals surface area contributed by atoms with Gasteiger partial charge in [0.05, 0.1) is 0 Å². The van der Waals surface area contributed by atoms with Crippen LogP contribution in [0.15, 0.2) is 35.1 Å². The Morgan fingerprint density at radius 3 is 3.25 bits per heavy atom. The predicted molar refractivity (Wildman–Crippen MR) is 53.0 cm³/mol. The van der Waals surface area contributed by atoms with E-state index >= 15 is 0 Å². The third-order valence-electron chi connectivity index (χ3n) is 2.73. The molecule has 1 aromatic rings. The summed E-state index contributed by atoms with van der Waals surface area (Å²) in [6.45, 7) is 0. The summed E-state index contributed by atoms with van der Waals surface area (Å²) in [6.07, 6.45) is 8.19. The molecule has 2 aliphatic rings. The van der Waals surface area contributed by atoms with Crippen molar-refractivity contribution in [2.24, 2.45) is 11.8 Å². The van der Waals surface area contributed by atoms with E-state index in [1.807, 2.05) is 0 Å². The van der Waals surface area contributed by atoms with E-state index in [0.717, 1.165) is 11.8 Å². The maximum absolute atomic E-state index is 2.33. The molecule has 0 nitrogen and oxygen atoms in total. The monoisotopic (exact) mass is 174 g/mol. The van der Waals surface area contributed by atoms with Gasteiger partial charge in [0, 0.05) is 0 Å². The SMILES string of the molecule is C1=CC2CC2C(c2ccsc2)=C1. The van der Waals surface area contributed by atoms with Gasteiger partial charge in [-0.2, -0.15) is 11.3 Å². The summed E-state index contributed by atoms with van der Waals surface area (Å²) in [7, 11) is 0. The molecule has 0 amide bonds. The van der Waals surface area contributed by atoms with Crippen LogP contribution in [-0.2, 0) is 0 Å². The third-order valence-corrected chi connectivity index (χ3v) is 3.41. The number of fused-ring (bicyclic) bond motifs is 1. The molecule has 2 aliphatic carbocycles. The number of hydrogen-bond donors (Lipinski definition) is 0. The molecular formula is C11H10S. The van der Waals surface area contributed by atoms with Crippen molar-refractivity contribution >= 4 is 16.9 Å². The van der Waals surface area contributed by atoms with Gasteiger partial charge in [0.15, 0.2) is 0 Å². The summed E-state index contributed by atoms with van der Waals surface area (Å²) in [4.78, 5) is 0. The number of rotatable bonds is 1. The molecule has 3 rings (SSSR count). The van der Waals surface area contributed by atoms with Gasteiger partial charge in [-0.3, -0.25) is 0 Å². The minimum Gasteiger partial charge on any atom is -0.152 e. The number of allylic oxidation sites excluding steroid dienone is 4. The van der Waals surface area contributed by atoms with E-state index in [2.05, 4.69) is 35.1 Å². The second-order valence-corrected chi connectivity index (χ2v) is 4.31. The van der Waals surface area contributed by atoms with E-state index in [-0.39, 0.29) is 0 Å². The van der Waals surface area contributed by atoms with Crippen LogP contribution >= 0.6 is 11.3 Å². The maximum atomic E-state index is 2.33. The van der Waals surface area contributed by atoms with E-state index in [1.54, 1.807) is 16.9 Å². The van der Waals surface area contributed by atoms with Crippen molar-refractivity contribution in [1.29, 1.82) is 0 Å². The topological polar surface area (TPSA) is 0 Å². The molecule has 0 radical (unpaired) electrons. The van der Waals surface area contributed by atoms with Crippen LogP contribution in [0.1, 0.15) is 12.0 Å². The minimum atomic E-state index is 0.851. The van der Waals surface area contributed by atoms with Crippen molar-refractivity contribution in [3.63, 3.8) is 0 Å². The van der Waals surface area contributed by atoms with Gasteiger partial charge < -0.3 is 0 Å². The van der Waals surface area contributed by atoms with Gasteiger partial charge in [0.1, 0.15) is 0 Å². The lowest BCUT2D eigenvalue weighted by molar-refractivity contribution is 1.000. The van der Waals surface area contributed by atoms with Crippen molar-refractivity contribution in [1.82, 2.24) is 0 Å². The zero-order chi connectivity index (χ0) is 7.97. The summed E-state index contributed by atoms with van der Waals surface area (Å²) < 4.78 is 0. The normalized spacial score (nSPS) is 31.2. The molecule has 0 aliphatic heterocycles. The average Bonchev–Trinajstić information content (AvgIpc) is 2.70. The van der Waals surface area contributed by atoms with Crippen molar-refractivity contribution in [2.45, 2.75) is 6.42 Å². The van der Waals surface area contributed by atoms with Crippen molar-refractivity contribution in [2.75, 3.05) is 0 Å². The molecule has 2 atom stereocenters. The first kappa shape index (κ1) is 6.67. The Bertz CT molecular complexity index is 343. The van der Waals surface area contributed by atoms with Crippen molar-refractivity contribution < 1.29 is 0 Å². The summed E-state index contributed by atoms with van der Waals surface area (Å²) in [5, 5.41) is 4.41. The third kappa shape index (κ3) is 0.896. The fraction of sp³-hybridized carbons (Fsp3) is 0.273. The van der Waals surface area contributed by atoms with Gasteiger partial charge in [0.2, 0.25) is 0 Å². The number of hydrogen-bond acceptors (Lipinski definition) is 1. The maximum Gasteiger partial charge on any atom is -0.00179 e. The summed E-state index contributed by atoms with van der Waals surface area (Å²) in [5.74, 6) is 1.72. The van der Waals surface area contributed by atoms with Crippen LogP contribution in [-0.4, -0.2) is 0 Å². The lowest BCUT2D eigenvalue weighted by Crippen LogP contribution is -1.89. The first-order valence-electron chi connectivity index (χ1n) is 4.36. The second-order valence-electron chi connectivity index (χ2n) is 3.52. The standard InChI is InChI=1S/C11H10S/c1-2-8-6-11(8)10(3-1)9-4-5-12-7-9/h1-5,7-8,11H,6H2. The summed E-state index contributed by atoms with van der Waals surface area (Å²) in [6, 6.07) is 2.23. The Balaban J connectivity index is 2.03. The quantitative estimate of drug-likeness (QED) is 0.612. The summed E-state index contributed by atoms with van der Waals surface area (Å²) >= 11 is 1.79. The highest BCUT2D eigenvalue weighted by Crippen LogP contribution is 2.51. The van der Waals surface area contributed by atoms with E-state index in [0.29, 0.717) is 0 Å². The molecule has 0 N–H and O–H groups in total. The van der Waals surface area contributed by atoms with Gasteiger partial charge in [0.25, 0.3) is 0 Å². The zero-order valence-corrected chi connectivity index (χ0v) is 7.55. The van der Waals surface area contributed by atoms with Gasteiger partial charge in [-0.25, -0.2) is 0 Å². The molecule has 1 heteroatoms. The van der Waals surface area contributed by atoms with Crippen LogP contribution in [0.4, 0.5) is 0 Å². The highest BCUT2D eigenvalue weighted by Gasteiger charge is 2.39. The lowest BCUT2D eigenvalue weighted by Gasteiger charge is -2.05. The number of thiophene rings is 1. The second kappa shape index (κ2) is 2.33. The largest absolute Gasteiger partial charge is 0.152 e. The molecular weight excluding hydrogens is 164 g/mol. The smallest absolute Gasteiger partial charge is 0.00179 e. The zero-order valence-electron chi connectivity index (χ0n) is 6.73. The van der Waals surface area contributed by atoms with E-state index in [4.69, 9.17) is 0 Å². The van der Waals surface area contributed by atoms with Gasteiger partial charge in [-0.05, 0) is 46.2 Å². The Hall–Kier alpha value is -0.820. The van der Waals surface area contributed by atoms with Gasteiger partial charge >= 0.3 is 0 Å². The van der Waals surface area contributed by atoms with Crippen LogP contribution < -0.4 is 0 Å². The molecule has 2 unspecified atom stereocenters. The molecule has 0 bridgehead atoms. The van der Waals surface area contributed by atoms with Crippen LogP contribution in [0.5, 0.6) is 0 Å². The molecule has 1 saturated carbocycles. The Labute approximate surface area is 76.2 Å². The highest BCUT2D eigenvalue weighted by atomic mass is 32.1. The predicted octanol–water partition coefficient (Wildman–Crippen LogP) is 3.34. The molecule has 0 aromatic carbocycles. The Morgan fingerprint density at radius 2 is 2.42 bits per heavy atom. The highest BCUT2D eigenvalue weighted by molar-refractivity contribution is 7.08. The van der Waals surface area contributed by atoms with Crippen LogP contribution in [0.3, 0.4) is 0 Å². The first-order chi connectivity index (χ1) is 5.95. The molecule has 60 valence electrons. The average molecular weight is 174 g/mol. The van der Waals surface area contributed by atoms with Crippen LogP contribution in [0.2, 0.25) is 0 Å². The Morgan fingerprint density at radius 1 is 1.42 bits per heavy atom. The van der Waals surface area contributed by atoms with E-state index in [1.165, 1.54) is 12.0 Å². The van der Waals surface area contributed by atoms with Gasteiger partial charge in [-0.1, -0.05) is 18.2 Å². The molecule has 1 heterocycles. The van der Waals surface area contributed by atoms with Crippen LogP contribution in [0, 0.1) is 11.8 Å². The molecule has 0 saturated heterocycles. The minimum absolute atomic E-state index is 0.851. The summed E-state index contributed by atoms with van der Waals surface area (Å²) in [5.41, 5.74) is 3.00. The lowest BCUT2D eigenvalue weighted by atomic mass is 10.00. The Kier molecular flexibility index (Phi) is 1.30.